The monoisotopic (exact) mass is 211 g/mol. The zero-order valence-electron chi connectivity index (χ0n) is 8.88. The summed E-state index contributed by atoms with van der Waals surface area (Å²) in [6, 6.07) is -0.653. The van der Waals surface area contributed by atoms with Crippen molar-refractivity contribution in [1.29, 1.82) is 0 Å². The molecule has 5 heteroatoms. The minimum atomic E-state index is -0.653. The molecule has 0 saturated carbocycles. The van der Waals surface area contributed by atoms with Crippen molar-refractivity contribution in [2.45, 2.75) is 38.6 Å². The predicted molar refractivity (Wildman–Crippen MR) is 56.5 cm³/mol. The Morgan fingerprint density at radius 2 is 1.93 bits per heavy atom. The third-order valence-electron chi connectivity index (χ3n) is 2.56. The van der Waals surface area contributed by atoms with Crippen LogP contribution in [0.25, 0.3) is 0 Å². The van der Waals surface area contributed by atoms with Crippen molar-refractivity contribution in [1.82, 2.24) is 5.32 Å². The summed E-state index contributed by atoms with van der Waals surface area (Å²) in [6.07, 6.45) is 3.43. The average molecular weight is 211 g/mol. The first-order chi connectivity index (χ1) is 7.02. The number of rotatable bonds is 3. The highest BCUT2D eigenvalue weighted by Crippen LogP contribution is 2.21. The van der Waals surface area contributed by atoms with Gasteiger partial charge in [-0.05, 0) is 32.6 Å². The molecule has 0 saturated heterocycles. The molecule has 0 aromatic heterocycles. The van der Waals surface area contributed by atoms with Crippen molar-refractivity contribution < 1.29 is 9.59 Å². The van der Waals surface area contributed by atoms with E-state index in [4.69, 9.17) is 11.5 Å². The van der Waals surface area contributed by atoms with Crippen LogP contribution in [0, 0.1) is 0 Å². The fraction of sp³-hybridized carbons (Fsp3) is 0.600. The summed E-state index contributed by atoms with van der Waals surface area (Å²) in [5, 5.41) is 2.53. The van der Waals surface area contributed by atoms with Crippen LogP contribution in [0.4, 0.5) is 0 Å². The fourth-order valence-corrected chi connectivity index (χ4v) is 1.54. The Morgan fingerprint density at radius 1 is 1.33 bits per heavy atom. The van der Waals surface area contributed by atoms with E-state index >= 15 is 0 Å². The van der Waals surface area contributed by atoms with Crippen LogP contribution in [0.1, 0.15) is 32.6 Å². The Hall–Kier alpha value is -1.52. The molecule has 1 aliphatic rings. The van der Waals surface area contributed by atoms with E-state index in [0.717, 1.165) is 19.3 Å². The molecule has 0 aromatic carbocycles. The first-order valence-electron chi connectivity index (χ1n) is 5.10. The van der Waals surface area contributed by atoms with E-state index in [1.54, 1.807) is 6.92 Å². The lowest BCUT2D eigenvalue weighted by Crippen LogP contribution is -2.43. The predicted octanol–water partition coefficient (Wildman–Crippen LogP) is -0.237. The summed E-state index contributed by atoms with van der Waals surface area (Å²) >= 11 is 0. The van der Waals surface area contributed by atoms with E-state index in [1.165, 1.54) is 0 Å². The van der Waals surface area contributed by atoms with Crippen LogP contribution in [-0.2, 0) is 9.59 Å². The number of nitrogens with one attached hydrogen (secondary N) is 1. The molecule has 1 rings (SSSR count). The smallest absolute Gasteiger partial charge is 0.249 e. The van der Waals surface area contributed by atoms with Crippen LogP contribution >= 0.6 is 0 Å². The molecule has 0 bridgehead atoms. The summed E-state index contributed by atoms with van der Waals surface area (Å²) in [6.45, 7) is 1.56. The first-order valence-corrected chi connectivity index (χ1v) is 5.10. The van der Waals surface area contributed by atoms with Gasteiger partial charge in [0.25, 0.3) is 0 Å². The molecule has 1 aliphatic carbocycles. The van der Waals surface area contributed by atoms with Crippen molar-refractivity contribution in [3.8, 4) is 0 Å². The number of allylic oxidation sites excluding steroid dienone is 1. The number of carbonyl (C=O) groups excluding carboxylic acids is 2. The zero-order valence-corrected chi connectivity index (χ0v) is 8.88. The molecular weight excluding hydrogens is 194 g/mol. The molecule has 0 radical (unpaired) electrons. The van der Waals surface area contributed by atoms with E-state index in [9.17, 15) is 9.59 Å². The maximum Gasteiger partial charge on any atom is 0.249 e. The molecule has 2 amide bonds. The second-order valence-electron chi connectivity index (χ2n) is 3.81. The molecule has 0 heterocycles. The van der Waals surface area contributed by atoms with Gasteiger partial charge in [0, 0.05) is 11.3 Å². The summed E-state index contributed by atoms with van der Waals surface area (Å²) in [4.78, 5) is 22.4. The molecule has 84 valence electrons. The van der Waals surface area contributed by atoms with E-state index in [2.05, 4.69) is 5.32 Å². The zero-order chi connectivity index (χ0) is 11.4. The van der Waals surface area contributed by atoms with Crippen molar-refractivity contribution in [3.63, 3.8) is 0 Å². The highest BCUT2D eigenvalue weighted by Gasteiger charge is 2.20. The largest absolute Gasteiger partial charge is 0.402 e. The van der Waals surface area contributed by atoms with E-state index < -0.39 is 11.9 Å². The summed E-state index contributed by atoms with van der Waals surface area (Å²) < 4.78 is 0. The number of primary amides is 1. The second kappa shape index (κ2) is 4.82. The van der Waals surface area contributed by atoms with Crippen molar-refractivity contribution in [2.75, 3.05) is 0 Å². The molecule has 1 atom stereocenters. The molecule has 5 nitrogen and oxygen atoms in total. The lowest BCUT2D eigenvalue weighted by atomic mass is 9.96. The van der Waals surface area contributed by atoms with Gasteiger partial charge in [0.05, 0.1) is 0 Å². The summed E-state index contributed by atoms with van der Waals surface area (Å²) in [7, 11) is 0. The van der Waals surface area contributed by atoms with Crippen LogP contribution in [0.15, 0.2) is 11.3 Å². The topological polar surface area (TPSA) is 98.2 Å². The SMILES string of the molecule is CC(NC(=O)C1=C(N)CCCC1)C(N)=O. The fourth-order valence-electron chi connectivity index (χ4n) is 1.54. The molecule has 0 aliphatic heterocycles. The average Bonchev–Trinajstić information content (AvgIpc) is 2.18. The Balaban J connectivity index is 2.64. The van der Waals surface area contributed by atoms with Crippen molar-refractivity contribution in [3.05, 3.63) is 11.3 Å². The Bertz CT molecular complexity index is 310. The summed E-state index contributed by atoms with van der Waals surface area (Å²) in [5.41, 5.74) is 12.0. The molecule has 5 N–H and O–H groups in total. The number of carbonyl (C=O) groups is 2. The van der Waals surface area contributed by atoms with E-state index in [0.29, 0.717) is 17.7 Å². The molecule has 0 fully saturated rings. The second-order valence-corrected chi connectivity index (χ2v) is 3.81. The van der Waals surface area contributed by atoms with Gasteiger partial charge >= 0.3 is 0 Å². The Labute approximate surface area is 88.9 Å². The highest BCUT2D eigenvalue weighted by molar-refractivity contribution is 5.97. The quantitative estimate of drug-likeness (QED) is 0.601. The van der Waals surface area contributed by atoms with Gasteiger partial charge in [0.15, 0.2) is 0 Å². The van der Waals surface area contributed by atoms with Gasteiger partial charge in [-0.25, -0.2) is 0 Å². The van der Waals surface area contributed by atoms with Gasteiger partial charge in [0.2, 0.25) is 11.8 Å². The minimum absolute atomic E-state index is 0.265. The standard InChI is InChI=1S/C10H17N3O2/c1-6(9(12)14)13-10(15)7-4-2-3-5-8(7)11/h6H,2-5,11H2,1H3,(H2,12,14)(H,13,15). The van der Waals surface area contributed by atoms with Gasteiger partial charge < -0.3 is 16.8 Å². The number of hydrogen-bond acceptors (Lipinski definition) is 3. The van der Waals surface area contributed by atoms with Crippen LogP contribution in [0.2, 0.25) is 0 Å². The van der Waals surface area contributed by atoms with E-state index in [1.807, 2.05) is 0 Å². The number of hydrogen-bond donors (Lipinski definition) is 3. The van der Waals surface area contributed by atoms with E-state index in [-0.39, 0.29) is 5.91 Å². The molecule has 1 unspecified atom stereocenters. The van der Waals surface area contributed by atoms with Crippen molar-refractivity contribution in [2.24, 2.45) is 11.5 Å². The summed E-state index contributed by atoms with van der Waals surface area (Å²) in [5.74, 6) is -0.808. The molecule has 0 spiro atoms. The van der Waals surface area contributed by atoms with Gasteiger partial charge in [-0.3, -0.25) is 9.59 Å². The van der Waals surface area contributed by atoms with Crippen LogP contribution in [0.3, 0.4) is 0 Å². The molecule has 0 aromatic rings. The van der Waals surface area contributed by atoms with Crippen LogP contribution in [0.5, 0.6) is 0 Å². The molecular formula is C10H17N3O2. The highest BCUT2D eigenvalue weighted by atomic mass is 16.2. The molecule has 15 heavy (non-hydrogen) atoms. The van der Waals surface area contributed by atoms with Gasteiger partial charge in [-0.2, -0.15) is 0 Å². The Morgan fingerprint density at radius 3 is 2.47 bits per heavy atom. The van der Waals surface area contributed by atoms with Gasteiger partial charge in [0.1, 0.15) is 6.04 Å². The lowest BCUT2D eigenvalue weighted by Gasteiger charge is -2.18. The maximum atomic E-state index is 11.7. The lowest BCUT2D eigenvalue weighted by molar-refractivity contribution is -0.125. The number of nitrogens with two attached hydrogens (primary N) is 2. The van der Waals surface area contributed by atoms with Crippen LogP contribution in [-0.4, -0.2) is 17.9 Å². The van der Waals surface area contributed by atoms with Crippen molar-refractivity contribution >= 4 is 11.8 Å². The maximum absolute atomic E-state index is 11.7. The van der Waals surface area contributed by atoms with Gasteiger partial charge in [-0.1, -0.05) is 0 Å². The number of amides is 2. The third-order valence-corrected chi connectivity index (χ3v) is 2.56. The minimum Gasteiger partial charge on any atom is -0.402 e. The first kappa shape index (κ1) is 11.6. The van der Waals surface area contributed by atoms with Crippen LogP contribution < -0.4 is 16.8 Å². The normalized spacial score (nSPS) is 18.5. The Kier molecular flexibility index (Phi) is 3.71. The van der Waals surface area contributed by atoms with Gasteiger partial charge in [-0.15, -0.1) is 0 Å². The third kappa shape index (κ3) is 2.97.